The van der Waals surface area contributed by atoms with Gasteiger partial charge >= 0.3 is 11.8 Å². The van der Waals surface area contributed by atoms with Crippen molar-refractivity contribution in [2.75, 3.05) is 23.3 Å². The van der Waals surface area contributed by atoms with Crippen LogP contribution in [0, 0.1) is 0 Å². The summed E-state index contributed by atoms with van der Waals surface area (Å²) in [4.78, 5) is 38.7. The SMILES string of the molecule is Cn1ccc2cc(C(O)CNC(=O)C(=O)Nc3cc4c5c(c3)CC(=O)N5CCC4)ccc21. The van der Waals surface area contributed by atoms with Crippen molar-refractivity contribution >= 4 is 40.0 Å². The maximum atomic E-state index is 12.4. The molecule has 3 heterocycles. The van der Waals surface area contributed by atoms with E-state index in [2.05, 4.69) is 10.6 Å². The van der Waals surface area contributed by atoms with Crippen LogP contribution in [-0.2, 0) is 34.3 Å². The summed E-state index contributed by atoms with van der Waals surface area (Å²) in [5.41, 5.74) is 5.07. The summed E-state index contributed by atoms with van der Waals surface area (Å²) in [5, 5.41) is 16.6. The number of aryl methyl sites for hydroxylation is 2. The van der Waals surface area contributed by atoms with Crippen molar-refractivity contribution in [3.8, 4) is 0 Å². The lowest BCUT2D eigenvalue weighted by Crippen LogP contribution is -2.37. The summed E-state index contributed by atoms with van der Waals surface area (Å²) in [7, 11) is 1.95. The molecule has 3 amide bonds. The maximum absolute atomic E-state index is 12.4. The third kappa shape index (κ3) is 3.52. The molecule has 0 saturated heterocycles. The molecule has 8 nitrogen and oxygen atoms in total. The summed E-state index contributed by atoms with van der Waals surface area (Å²) in [6.45, 7) is 0.649. The molecule has 1 unspecified atom stereocenters. The number of fused-ring (bicyclic) bond motifs is 1. The molecule has 0 radical (unpaired) electrons. The molecule has 0 saturated carbocycles. The lowest BCUT2D eigenvalue weighted by Gasteiger charge is -2.26. The molecule has 3 N–H and O–H groups in total. The predicted octanol–water partition coefficient (Wildman–Crippen LogP) is 1.80. The van der Waals surface area contributed by atoms with Crippen molar-refractivity contribution in [2.24, 2.45) is 7.05 Å². The van der Waals surface area contributed by atoms with E-state index in [1.807, 2.05) is 42.1 Å². The number of rotatable bonds is 4. The van der Waals surface area contributed by atoms with Crippen LogP contribution in [0.25, 0.3) is 10.9 Å². The second-order valence-electron chi connectivity index (χ2n) is 8.39. The molecular formula is C24H24N4O4. The molecule has 0 aliphatic carbocycles. The number of aromatic nitrogens is 1. The van der Waals surface area contributed by atoms with Gasteiger partial charge in [0.15, 0.2) is 0 Å². The Bertz CT molecular complexity index is 1260. The number of benzene rings is 2. The number of nitrogens with one attached hydrogen (secondary N) is 2. The number of nitrogens with zero attached hydrogens (tertiary/aromatic N) is 2. The minimum absolute atomic E-state index is 0.0739. The van der Waals surface area contributed by atoms with E-state index in [0.29, 0.717) is 17.7 Å². The highest BCUT2D eigenvalue weighted by atomic mass is 16.3. The second kappa shape index (κ2) is 7.80. The average molecular weight is 432 g/mol. The van der Waals surface area contributed by atoms with Gasteiger partial charge in [-0.15, -0.1) is 0 Å². The Kier molecular flexibility index (Phi) is 4.94. The monoisotopic (exact) mass is 432 g/mol. The normalized spacial score (nSPS) is 15.6. The van der Waals surface area contributed by atoms with Crippen LogP contribution in [0.1, 0.15) is 29.2 Å². The highest BCUT2D eigenvalue weighted by molar-refractivity contribution is 6.39. The lowest BCUT2D eigenvalue weighted by molar-refractivity contribution is -0.136. The van der Waals surface area contributed by atoms with Crippen LogP contribution in [0.2, 0.25) is 0 Å². The van der Waals surface area contributed by atoms with E-state index in [-0.39, 0.29) is 12.5 Å². The third-order valence-electron chi connectivity index (χ3n) is 6.22. The van der Waals surface area contributed by atoms with Gasteiger partial charge in [-0.3, -0.25) is 14.4 Å². The highest BCUT2D eigenvalue weighted by Crippen LogP contribution is 2.38. The first-order valence-electron chi connectivity index (χ1n) is 10.7. The molecule has 2 aromatic carbocycles. The van der Waals surface area contributed by atoms with Crippen molar-refractivity contribution in [2.45, 2.75) is 25.4 Å². The molecule has 2 aliphatic rings. The van der Waals surface area contributed by atoms with E-state index in [0.717, 1.165) is 47.1 Å². The molecule has 164 valence electrons. The van der Waals surface area contributed by atoms with Gasteiger partial charge in [0.1, 0.15) is 0 Å². The quantitative estimate of drug-likeness (QED) is 0.547. The predicted molar refractivity (Wildman–Crippen MR) is 120 cm³/mol. The van der Waals surface area contributed by atoms with Crippen LogP contribution in [0.15, 0.2) is 42.6 Å². The summed E-state index contributed by atoms with van der Waals surface area (Å²) in [5.74, 6) is -1.55. The zero-order valence-corrected chi connectivity index (χ0v) is 17.7. The topological polar surface area (TPSA) is 104 Å². The average Bonchev–Trinajstić information content (AvgIpc) is 3.32. The highest BCUT2D eigenvalue weighted by Gasteiger charge is 2.32. The molecule has 0 bridgehead atoms. The van der Waals surface area contributed by atoms with Gasteiger partial charge in [-0.25, -0.2) is 0 Å². The lowest BCUT2D eigenvalue weighted by atomic mass is 9.99. The van der Waals surface area contributed by atoms with Crippen LogP contribution < -0.4 is 15.5 Å². The van der Waals surface area contributed by atoms with Gasteiger partial charge in [0.05, 0.1) is 18.2 Å². The van der Waals surface area contributed by atoms with E-state index in [9.17, 15) is 19.5 Å². The van der Waals surface area contributed by atoms with E-state index < -0.39 is 17.9 Å². The Morgan fingerprint density at radius 2 is 1.94 bits per heavy atom. The van der Waals surface area contributed by atoms with E-state index in [1.54, 1.807) is 17.0 Å². The molecule has 2 aliphatic heterocycles. The first-order valence-corrected chi connectivity index (χ1v) is 10.7. The van der Waals surface area contributed by atoms with Crippen LogP contribution in [0.5, 0.6) is 0 Å². The van der Waals surface area contributed by atoms with E-state index >= 15 is 0 Å². The molecule has 3 aromatic rings. The van der Waals surface area contributed by atoms with E-state index in [4.69, 9.17) is 0 Å². The Morgan fingerprint density at radius 1 is 1.12 bits per heavy atom. The molecule has 0 fully saturated rings. The van der Waals surface area contributed by atoms with Gasteiger partial charge in [-0.2, -0.15) is 0 Å². The van der Waals surface area contributed by atoms with Gasteiger partial charge in [0.2, 0.25) is 5.91 Å². The zero-order valence-electron chi connectivity index (χ0n) is 17.7. The first kappa shape index (κ1) is 20.3. The van der Waals surface area contributed by atoms with Crippen LogP contribution in [0.4, 0.5) is 11.4 Å². The van der Waals surface area contributed by atoms with Crippen molar-refractivity contribution < 1.29 is 19.5 Å². The standard InChI is InChI=1S/C24H24N4O4/c1-27-8-6-14-9-15(4-5-19(14)27)20(29)13-25-23(31)24(32)26-18-10-16-3-2-7-28-21(30)12-17(11-18)22(16)28/h4-6,8-11,20,29H,2-3,7,12-13H2,1H3,(H,25,31)(H,26,32). The van der Waals surface area contributed by atoms with Crippen LogP contribution >= 0.6 is 0 Å². The number of carbonyl (C=O) groups excluding carboxylic acids is 3. The van der Waals surface area contributed by atoms with Crippen molar-refractivity contribution in [1.82, 2.24) is 9.88 Å². The Balaban J connectivity index is 1.22. The number of amides is 3. The Hall–Kier alpha value is -3.65. The number of aliphatic hydroxyl groups excluding tert-OH is 1. The van der Waals surface area contributed by atoms with Gasteiger partial charge in [0.25, 0.3) is 0 Å². The van der Waals surface area contributed by atoms with Gasteiger partial charge < -0.3 is 25.2 Å². The Morgan fingerprint density at radius 3 is 2.78 bits per heavy atom. The molecule has 8 heteroatoms. The number of carbonyl (C=O) groups is 3. The number of hydrogen-bond acceptors (Lipinski definition) is 4. The minimum atomic E-state index is -0.933. The Labute approximate surface area is 184 Å². The minimum Gasteiger partial charge on any atom is -0.387 e. The zero-order chi connectivity index (χ0) is 22.4. The molecule has 5 rings (SSSR count). The molecular weight excluding hydrogens is 408 g/mol. The summed E-state index contributed by atoms with van der Waals surface area (Å²) >= 11 is 0. The summed E-state index contributed by atoms with van der Waals surface area (Å²) in [6, 6.07) is 11.1. The summed E-state index contributed by atoms with van der Waals surface area (Å²) in [6.07, 6.45) is 3.03. The molecule has 1 atom stereocenters. The molecule has 32 heavy (non-hydrogen) atoms. The smallest absolute Gasteiger partial charge is 0.313 e. The van der Waals surface area contributed by atoms with Crippen molar-refractivity contribution in [3.05, 3.63) is 59.3 Å². The fraction of sp³-hybridized carbons (Fsp3) is 0.292. The molecule has 1 aromatic heterocycles. The third-order valence-corrected chi connectivity index (χ3v) is 6.22. The number of anilines is 2. The number of hydrogen-bond donors (Lipinski definition) is 3. The number of aliphatic hydroxyl groups is 1. The summed E-state index contributed by atoms with van der Waals surface area (Å²) < 4.78 is 1.98. The van der Waals surface area contributed by atoms with Gasteiger partial charge in [0, 0.05) is 37.5 Å². The van der Waals surface area contributed by atoms with Gasteiger partial charge in [-0.1, -0.05) is 6.07 Å². The van der Waals surface area contributed by atoms with Crippen molar-refractivity contribution in [1.29, 1.82) is 0 Å². The van der Waals surface area contributed by atoms with E-state index in [1.165, 1.54) is 0 Å². The van der Waals surface area contributed by atoms with Crippen LogP contribution in [0.3, 0.4) is 0 Å². The second-order valence-corrected chi connectivity index (χ2v) is 8.39. The first-order chi connectivity index (χ1) is 15.4. The fourth-order valence-corrected chi connectivity index (χ4v) is 4.63. The molecule has 0 spiro atoms. The van der Waals surface area contributed by atoms with Gasteiger partial charge in [-0.05, 0) is 65.3 Å². The van der Waals surface area contributed by atoms with Crippen molar-refractivity contribution in [3.63, 3.8) is 0 Å². The fourth-order valence-electron chi connectivity index (χ4n) is 4.63. The largest absolute Gasteiger partial charge is 0.387 e. The maximum Gasteiger partial charge on any atom is 0.313 e. The van der Waals surface area contributed by atoms with Crippen LogP contribution in [-0.4, -0.2) is 40.5 Å².